The second-order valence-electron chi connectivity index (χ2n) is 7.11. The lowest BCUT2D eigenvalue weighted by Gasteiger charge is -2.14. The standard InChI is InChI=1S/C23H23ClN6O3/c1-16-13-29-22(27-10-7-19-4-2-3-9-26-19)23(32)30(16)15-21(31)28-14-17-12-18(24)5-6-20(17)33-11-8-25/h2-6,9,12-13H,7,10-11,14-15H2,1H3,(H,27,29)(H,28,31). The number of amides is 1. The quantitative estimate of drug-likeness (QED) is 0.470. The Balaban J connectivity index is 1.63. The zero-order valence-electron chi connectivity index (χ0n) is 18.0. The number of pyridine rings is 1. The van der Waals surface area contributed by atoms with Gasteiger partial charge in [-0.2, -0.15) is 5.26 Å². The molecule has 10 heteroatoms. The van der Waals surface area contributed by atoms with E-state index in [1.54, 1.807) is 37.5 Å². The molecule has 0 spiro atoms. The van der Waals surface area contributed by atoms with Crippen LogP contribution in [0.4, 0.5) is 5.82 Å². The summed E-state index contributed by atoms with van der Waals surface area (Å²) in [4.78, 5) is 33.8. The highest BCUT2D eigenvalue weighted by Gasteiger charge is 2.13. The molecule has 0 fully saturated rings. The number of hydrogen-bond acceptors (Lipinski definition) is 7. The number of rotatable bonds is 10. The van der Waals surface area contributed by atoms with Crippen LogP contribution in [0.15, 0.2) is 53.6 Å². The van der Waals surface area contributed by atoms with E-state index in [4.69, 9.17) is 21.6 Å². The van der Waals surface area contributed by atoms with Gasteiger partial charge in [0.15, 0.2) is 12.4 Å². The van der Waals surface area contributed by atoms with Gasteiger partial charge in [0.05, 0.1) is 0 Å². The van der Waals surface area contributed by atoms with Gasteiger partial charge in [-0.25, -0.2) is 4.98 Å². The Morgan fingerprint density at radius 2 is 2.12 bits per heavy atom. The topological polar surface area (TPSA) is 122 Å². The number of carbonyl (C=O) groups excluding carboxylic acids is 1. The minimum atomic E-state index is -0.382. The van der Waals surface area contributed by atoms with E-state index in [-0.39, 0.29) is 37.0 Å². The highest BCUT2D eigenvalue weighted by molar-refractivity contribution is 6.30. The van der Waals surface area contributed by atoms with Crippen molar-refractivity contribution in [2.75, 3.05) is 18.5 Å². The van der Waals surface area contributed by atoms with Gasteiger partial charge in [-0.05, 0) is 37.3 Å². The number of nitriles is 1. The number of nitrogens with zero attached hydrogens (tertiary/aromatic N) is 4. The number of hydrogen-bond donors (Lipinski definition) is 2. The van der Waals surface area contributed by atoms with Crippen LogP contribution in [0.25, 0.3) is 0 Å². The van der Waals surface area contributed by atoms with Crippen LogP contribution in [0.3, 0.4) is 0 Å². The van der Waals surface area contributed by atoms with Crippen molar-refractivity contribution in [2.24, 2.45) is 0 Å². The number of benzene rings is 1. The largest absolute Gasteiger partial charge is 0.478 e. The van der Waals surface area contributed by atoms with Crippen molar-refractivity contribution in [1.29, 1.82) is 5.26 Å². The third-order valence-corrected chi connectivity index (χ3v) is 4.98. The van der Waals surface area contributed by atoms with Gasteiger partial charge in [-0.1, -0.05) is 17.7 Å². The molecule has 3 rings (SSSR count). The molecule has 0 aliphatic carbocycles. The highest BCUT2D eigenvalue weighted by Crippen LogP contribution is 2.22. The second-order valence-corrected chi connectivity index (χ2v) is 7.55. The molecule has 2 N–H and O–H groups in total. The molecule has 3 aromatic rings. The number of aryl methyl sites for hydroxylation is 1. The Bertz CT molecular complexity index is 1210. The van der Waals surface area contributed by atoms with Gasteiger partial charge in [-0.15, -0.1) is 0 Å². The summed E-state index contributed by atoms with van der Waals surface area (Å²) in [5.74, 6) is 0.265. The predicted molar refractivity (Wildman–Crippen MR) is 124 cm³/mol. The third-order valence-electron chi connectivity index (χ3n) is 4.75. The maximum absolute atomic E-state index is 12.8. The summed E-state index contributed by atoms with van der Waals surface area (Å²) >= 11 is 6.04. The first-order valence-corrected chi connectivity index (χ1v) is 10.6. The summed E-state index contributed by atoms with van der Waals surface area (Å²) < 4.78 is 6.73. The maximum atomic E-state index is 12.8. The molecule has 0 atom stereocenters. The Labute approximate surface area is 196 Å². The fourth-order valence-electron chi connectivity index (χ4n) is 3.07. The van der Waals surface area contributed by atoms with Gasteiger partial charge in [0.2, 0.25) is 5.91 Å². The zero-order valence-corrected chi connectivity index (χ0v) is 18.8. The van der Waals surface area contributed by atoms with E-state index in [1.165, 1.54) is 4.57 Å². The normalized spacial score (nSPS) is 10.3. The minimum absolute atomic E-state index is 0.121. The van der Waals surface area contributed by atoms with Crippen LogP contribution in [0, 0.1) is 18.3 Å². The van der Waals surface area contributed by atoms with Crippen molar-refractivity contribution < 1.29 is 9.53 Å². The highest BCUT2D eigenvalue weighted by atomic mass is 35.5. The molecule has 2 heterocycles. The SMILES string of the molecule is Cc1cnc(NCCc2ccccn2)c(=O)n1CC(=O)NCc1cc(Cl)ccc1OCC#N. The van der Waals surface area contributed by atoms with Crippen molar-refractivity contribution in [2.45, 2.75) is 26.4 Å². The molecule has 0 aliphatic heterocycles. The number of halogens is 1. The molecule has 0 saturated carbocycles. The van der Waals surface area contributed by atoms with E-state index >= 15 is 0 Å². The van der Waals surface area contributed by atoms with Gasteiger partial charge in [-0.3, -0.25) is 19.1 Å². The molecule has 1 aromatic carbocycles. The van der Waals surface area contributed by atoms with Crippen LogP contribution in [0.5, 0.6) is 5.75 Å². The van der Waals surface area contributed by atoms with Gasteiger partial charge in [0, 0.05) is 53.9 Å². The first-order valence-electron chi connectivity index (χ1n) is 10.2. The third kappa shape index (κ3) is 6.79. The molecular weight excluding hydrogens is 444 g/mol. The van der Waals surface area contributed by atoms with Crippen molar-refractivity contribution in [3.63, 3.8) is 0 Å². The van der Waals surface area contributed by atoms with Crippen molar-refractivity contribution in [1.82, 2.24) is 19.9 Å². The zero-order chi connectivity index (χ0) is 23.6. The van der Waals surface area contributed by atoms with Gasteiger partial charge in [0.25, 0.3) is 5.56 Å². The van der Waals surface area contributed by atoms with Crippen molar-refractivity contribution >= 4 is 23.3 Å². The minimum Gasteiger partial charge on any atom is -0.478 e. The molecule has 0 radical (unpaired) electrons. The van der Waals surface area contributed by atoms with Crippen molar-refractivity contribution in [3.05, 3.63) is 81.1 Å². The van der Waals surface area contributed by atoms with E-state index in [0.717, 1.165) is 5.69 Å². The van der Waals surface area contributed by atoms with Crippen LogP contribution in [-0.2, 0) is 24.3 Å². The molecule has 33 heavy (non-hydrogen) atoms. The van der Waals surface area contributed by atoms with Crippen LogP contribution >= 0.6 is 11.6 Å². The number of nitrogens with one attached hydrogen (secondary N) is 2. The molecule has 170 valence electrons. The van der Waals surface area contributed by atoms with Crippen LogP contribution < -0.4 is 20.9 Å². The monoisotopic (exact) mass is 466 g/mol. The average molecular weight is 467 g/mol. The first-order chi connectivity index (χ1) is 16.0. The summed E-state index contributed by atoms with van der Waals surface area (Å²) in [6.45, 7) is 2.04. The van der Waals surface area contributed by atoms with E-state index in [0.29, 0.717) is 35.0 Å². The summed E-state index contributed by atoms with van der Waals surface area (Å²) in [5, 5.41) is 15.0. The molecule has 0 bridgehead atoms. The fraction of sp³-hybridized carbons (Fsp3) is 0.261. The number of ether oxygens (including phenoxy) is 1. The van der Waals surface area contributed by atoms with Crippen LogP contribution in [-0.4, -0.2) is 33.6 Å². The Kier molecular flexibility index (Phi) is 8.38. The molecule has 9 nitrogen and oxygen atoms in total. The maximum Gasteiger partial charge on any atom is 0.293 e. The van der Waals surface area contributed by atoms with E-state index in [1.807, 2.05) is 24.3 Å². The van der Waals surface area contributed by atoms with Crippen molar-refractivity contribution in [3.8, 4) is 11.8 Å². The Morgan fingerprint density at radius 1 is 1.27 bits per heavy atom. The smallest absolute Gasteiger partial charge is 0.293 e. The fourth-order valence-corrected chi connectivity index (χ4v) is 3.27. The number of aromatic nitrogens is 3. The van der Waals surface area contributed by atoms with Crippen LogP contribution in [0.2, 0.25) is 5.02 Å². The first kappa shape index (κ1) is 23.8. The lowest BCUT2D eigenvalue weighted by atomic mass is 10.2. The second kappa shape index (κ2) is 11.6. The van der Waals surface area contributed by atoms with Crippen LogP contribution in [0.1, 0.15) is 17.0 Å². The average Bonchev–Trinajstić information content (AvgIpc) is 2.82. The summed E-state index contributed by atoms with van der Waals surface area (Å²) in [6.07, 6.45) is 3.89. The molecule has 0 saturated heterocycles. The summed E-state index contributed by atoms with van der Waals surface area (Å²) in [7, 11) is 0. The number of carbonyl (C=O) groups is 1. The lowest BCUT2D eigenvalue weighted by molar-refractivity contribution is -0.121. The Hall–Kier alpha value is -3.90. The molecule has 0 unspecified atom stereocenters. The van der Waals surface area contributed by atoms with E-state index in [9.17, 15) is 9.59 Å². The lowest BCUT2D eigenvalue weighted by Crippen LogP contribution is -2.34. The predicted octanol–water partition coefficient (Wildman–Crippen LogP) is 2.47. The van der Waals surface area contributed by atoms with E-state index in [2.05, 4.69) is 20.6 Å². The molecule has 1 amide bonds. The molecule has 0 aliphatic rings. The van der Waals surface area contributed by atoms with Gasteiger partial charge >= 0.3 is 0 Å². The number of anilines is 1. The molecular formula is C23H23ClN6O3. The molecule has 2 aromatic heterocycles. The summed E-state index contributed by atoms with van der Waals surface area (Å²) in [5.41, 5.74) is 1.70. The van der Waals surface area contributed by atoms with E-state index < -0.39 is 0 Å². The Morgan fingerprint density at radius 3 is 2.88 bits per heavy atom. The van der Waals surface area contributed by atoms with Gasteiger partial charge < -0.3 is 15.4 Å². The summed E-state index contributed by atoms with van der Waals surface area (Å²) in [6, 6.07) is 12.5. The van der Waals surface area contributed by atoms with Gasteiger partial charge in [0.1, 0.15) is 18.4 Å².